The third-order valence-electron chi connectivity index (χ3n) is 2.72. The number of nitrogens with one attached hydrogen (secondary N) is 2. The highest BCUT2D eigenvalue weighted by molar-refractivity contribution is 5.87. The topological polar surface area (TPSA) is 110 Å². The summed E-state index contributed by atoms with van der Waals surface area (Å²) >= 11 is 0. The van der Waals surface area contributed by atoms with Gasteiger partial charge in [-0.05, 0) is 12.8 Å². The van der Waals surface area contributed by atoms with Gasteiger partial charge in [0.05, 0.1) is 11.8 Å². The number of hydrogen-bond acceptors (Lipinski definition) is 4. The average molecular weight is 200 g/mol. The average Bonchev–Trinajstić information content (AvgIpc) is 2.27. The van der Waals surface area contributed by atoms with Crippen LogP contribution in [0.2, 0.25) is 0 Å². The summed E-state index contributed by atoms with van der Waals surface area (Å²) in [6.07, 6.45) is 3.29. The molecule has 0 heterocycles. The van der Waals surface area contributed by atoms with Crippen LogP contribution in [0, 0.1) is 11.8 Å². The predicted molar refractivity (Wildman–Crippen MR) is 50.1 cm³/mol. The van der Waals surface area contributed by atoms with E-state index in [-0.39, 0.29) is 23.7 Å². The first-order chi connectivity index (χ1) is 6.70. The van der Waals surface area contributed by atoms with Gasteiger partial charge in [-0.15, -0.1) is 0 Å². The quantitative estimate of drug-likeness (QED) is 0.254. The van der Waals surface area contributed by atoms with Gasteiger partial charge in [-0.3, -0.25) is 20.4 Å². The summed E-state index contributed by atoms with van der Waals surface area (Å²) < 4.78 is 0. The van der Waals surface area contributed by atoms with Crippen LogP contribution in [-0.4, -0.2) is 11.8 Å². The molecule has 6 nitrogen and oxygen atoms in total. The van der Waals surface area contributed by atoms with Crippen LogP contribution < -0.4 is 22.5 Å². The third-order valence-corrected chi connectivity index (χ3v) is 2.72. The van der Waals surface area contributed by atoms with Crippen molar-refractivity contribution in [1.29, 1.82) is 0 Å². The Morgan fingerprint density at radius 3 is 1.57 bits per heavy atom. The number of rotatable bonds is 2. The van der Waals surface area contributed by atoms with Gasteiger partial charge in [-0.25, -0.2) is 11.7 Å². The molecule has 0 spiro atoms. The summed E-state index contributed by atoms with van der Waals surface area (Å²) in [7, 11) is 0. The lowest BCUT2D eigenvalue weighted by atomic mass is 9.78. The fourth-order valence-corrected chi connectivity index (χ4v) is 1.97. The minimum Gasteiger partial charge on any atom is -0.294 e. The Kier molecular flexibility index (Phi) is 3.84. The minimum atomic E-state index is -0.336. The summed E-state index contributed by atoms with van der Waals surface area (Å²) in [4.78, 5) is 22.7. The predicted octanol–water partition coefficient (Wildman–Crippen LogP) is -1.23. The van der Waals surface area contributed by atoms with Crippen LogP contribution in [0.15, 0.2) is 0 Å². The number of amides is 2. The smallest absolute Gasteiger partial charge is 0.237 e. The van der Waals surface area contributed by atoms with Gasteiger partial charge in [0.2, 0.25) is 11.8 Å². The van der Waals surface area contributed by atoms with Crippen molar-refractivity contribution < 1.29 is 9.59 Å². The van der Waals surface area contributed by atoms with Gasteiger partial charge < -0.3 is 0 Å². The number of nitrogens with two attached hydrogens (primary N) is 2. The summed E-state index contributed by atoms with van der Waals surface area (Å²) in [5, 5.41) is 0. The fourth-order valence-electron chi connectivity index (χ4n) is 1.97. The van der Waals surface area contributed by atoms with Gasteiger partial charge >= 0.3 is 0 Å². The first-order valence-corrected chi connectivity index (χ1v) is 4.71. The molecule has 1 saturated carbocycles. The fraction of sp³-hybridized carbons (Fsp3) is 0.750. The zero-order valence-corrected chi connectivity index (χ0v) is 7.95. The van der Waals surface area contributed by atoms with E-state index >= 15 is 0 Å². The molecular weight excluding hydrogens is 184 g/mol. The number of carbonyl (C=O) groups excluding carboxylic acids is 2. The Bertz CT molecular complexity index is 207. The largest absolute Gasteiger partial charge is 0.294 e. The highest BCUT2D eigenvalue weighted by atomic mass is 16.2. The molecule has 0 aromatic rings. The molecule has 1 aliphatic carbocycles. The second kappa shape index (κ2) is 4.92. The van der Waals surface area contributed by atoms with Crippen LogP contribution in [-0.2, 0) is 9.59 Å². The van der Waals surface area contributed by atoms with Crippen molar-refractivity contribution in [3.8, 4) is 0 Å². The van der Waals surface area contributed by atoms with Crippen molar-refractivity contribution >= 4 is 11.8 Å². The third kappa shape index (κ3) is 2.21. The van der Waals surface area contributed by atoms with E-state index in [1.807, 2.05) is 0 Å². The zero-order chi connectivity index (χ0) is 10.6. The highest BCUT2D eigenvalue weighted by Crippen LogP contribution is 2.29. The van der Waals surface area contributed by atoms with Gasteiger partial charge in [-0.1, -0.05) is 12.8 Å². The molecule has 14 heavy (non-hydrogen) atoms. The van der Waals surface area contributed by atoms with Crippen LogP contribution in [0.25, 0.3) is 0 Å². The molecule has 80 valence electrons. The van der Waals surface area contributed by atoms with Crippen LogP contribution in [0.5, 0.6) is 0 Å². The van der Waals surface area contributed by atoms with E-state index in [1.165, 1.54) is 0 Å². The standard InChI is InChI=1S/C8H16N4O2/c9-11-7(13)5-3-1-2-4-6(5)8(14)12-10/h5-6H,1-4,9-10H2,(H,11,13)(H,12,14). The molecule has 1 aliphatic rings. The molecule has 0 aromatic carbocycles. The maximum absolute atomic E-state index is 11.3. The maximum Gasteiger partial charge on any atom is 0.237 e. The lowest BCUT2D eigenvalue weighted by molar-refractivity contribution is -0.136. The Balaban J connectivity index is 2.68. The van der Waals surface area contributed by atoms with E-state index < -0.39 is 0 Å². The molecule has 6 N–H and O–H groups in total. The molecular formula is C8H16N4O2. The number of hydrogen-bond donors (Lipinski definition) is 4. The van der Waals surface area contributed by atoms with Crippen LogP contribution in [0.1, 0.15) is 25.7 Å². The molecule has 2 unspecified atom stereocenters. The first-order valence-electron chi connectivity index (χ1n) is 4.71. The summed E-state index contributed by atoms with van der Waals surface area (Å²) in [6.45, 7) is 0. The van der Waals surface area contributed by atoms with Gasteiger partial charge in [0.1, 0.15) is 0 Å². The Labute approximate surface area is 82.3 Å². The van der Waals surface area contributed by atoms with Crippen molar-refractivity contribution in [2.75, 3.05) is 0 Å². The van der Waals surface area contributed by atoms with Crippen molar-refractivity contribution in [2.24, 2.45) is 23.5 Å². The summed E-state index contributed by atoms with van der Waals surface area (Å²) in [6, 6.07) is 0. The zero-order valence-electron chi connectivity index (χ0n) is 7.95. The van der Waals surface area contributed by atoms with Gasteiger partial charge in [-0.2, -0.15) is 0 Å². The van der Waals surface area contributed by atoms with Gasteiger partial charge in [0, 0.05) is 0 Å². The van der Waals surface area contributed by atoms with Crippen LogP contribution in [0.3, 0.4) is 0 Å². The second-order valence-corrected chi connectivity index (χ2v) is 3.51. The van der Waals surface area contributed by atoms with Crippen molar-refractivity contribution in [2.45, 2.75) is 25.7 Å². The van der Waals surface area contributed by atoms with Crippen LogP contribution >= 0.6 is 0 Å². The molecule has 2 atom stereocenters. The molecule has 0 bridgehead atoms. The highest BCUT2D eigenvalue weighted by Gasteiger charge is 2.34. The lowest BCUT2D eigenvalue weighted by Crippen LogP contribution is -2.47. The number of hydrazine groups is 2. The summed E-state index contributed by atoms with van der Waals surface area (Å²) in [5.41, 5.74) is 4.17. The summed E-state index contributed by atoms with van der Waals surface area (Å²) in [5.74, 6) is 8.86. The van der Waals surface area contributed by atoms with Crippen LogP contribution in [0.4, 0.5) is 0 Å². The molecule has 1 rings (SSSR count). The maximum atomic E-state index is 11.3. The SMILES string of the molecule is NNC(=O)C1CCCCC1C(=O)NN. The van der Waals surface area contributed by atoms with E-state index in [0.717, 1.165) is 12.8 Å². The molecule has 0 aliphatic heterocycles. The van der Waals surface area contributed by atoms with Crippen molar-refractivity contribution in [3.63, 3.8) is 0 Å². The van der Waals surface area contributed by atoms with Crippen molar-refractivity contribution in [1.82, 2.24) is 10.9 Å². The molecule has 0 saturated heterocycles. The Hall–Kier alpha value is -1.14. The van der Waals surface area contributed by atoms with E-state index in [9.17, 15) is 9.59 Å². The minimum absolute atomic E-state index is 0.279. The normalized spacial score (nSPS) is 26.7. The molecule has 1 fully saturated rings. The van der Waals surface area contributed by atoms with Gasteiger partial charge in [0.25, 0.3) is 0 Å². The first kappa shape index (κ1) is 10.9. The monoisotopic (exact) mass is 200 g/mol. The van der Waals surface area contributed by atoms with E-state index in [4.69, 9.17) is 11.7 Å². The Morgan fingerprint density at radius 1 is 0.929 bits per heavy atom. The molecule has 0 aromatic heterocycles. The van der Waals surface area contributed by atoms with E-state index in [1.54, 1.807) is 0 Å². The number of carbonyl (C=O) groups is 2. The Morgan fingerprint density at radius 2 is 1.29 bits per heavy atom. The molecule has 2 amide bonds. The van der Waals surface area contributed by atoms with Gasteiger partial charge in [0.15, 0.2) is 0 Å². The van der Waals surface area contributed by atoms with E-state index in [0.29, 0.717) is 12.8 Å². The molecule has 6 heteroatoms. The van der Waals surface area contributed by atoms with Crippen molar-refractivity contribution in [3.05, 3.63) is 0 Å². The van der Waals surface area contributed by atoms with E-state index in [2.05, 4.69) is 10.9 Å². The second-order valence-electron chi connectivity index (χ2n) is 3.51. The lowest BCUT2D eigenvalue weighted by Gasteiger charge is -2.28. The molecule has 0 radical (unpaired) electrons.